The number of piperazine rings is 1. The number of anilines is 2. The molecule has 2 aromatic carbocycles. The van der Waals surface area contributed by atoms with Crippen LogP contribution in [0.2, 0.25) is 0 Å². The third-order valence-corrected chi connectivity index (χ3v) is 8.41. The average molecular weight is 503 g/mol. The van der Waals surface area contributed by atoms with E-state index in [4.69, 9.17) is 14.2 Å². The van der Waals surface area contributed by atoms with E-state index in [2.05, 4.69) is 21.2 Å². The number of nitrogens with one attached hydrogen (secondary N) is 1. The van der Waals surface area contributed by atoms with Gasteiger partial charge in [0.25, 0.3) is 10.0 Å². The summed E-state index contributed by atoms with van der Waals surface area (Å²) in [5.41, 5.74) is 1.27. The van der Waals surface area contributed by atoms with Crippen LogP contribution >= 0.6 is 0 Å². The van der Waals surface area contributed by atoms with E-state index in [0.717, 1.165) is 54.9 Å². The molecule has 3 aliphatic heterocycles. The van der Waals surface area contributed by atoms with Gasteiger partial charge in [-0.1, -0.05) is 12.1 Å². The molecule has 1 saturated heterocycles. The van der Waals surface area contributed by atoms with Crippen LogP contribution in [-0.4, -0.2) is 83.2 Å². The van der Waals surface area contributed by atoms with Crippen LogP contribution in [0.25, 0.3) is 0 Å². The number of fused-ring (bicyclic) bond motifs is 3. The summed E-state index contributed by atoms with van der Waals surface area (Å²) in [5.74, 6) is 1.59. The van der Waals surface area contributed by atoms with Crippen LogP contribution in [0.15, 0.2) is 41.3 Å². The molecule has 2 aromatic rings. The Kier molecular flexibility index (Phi) is 6.61. The fraction of sp³-hybridized carbons (Fsp3) is 0.458. The fourth-order valence-corrected chi connectivity index (χ4v) is 6.26. The van der Waals surface area contributed by atoms with Crippen molar-refractivity contribution in [3.8, 4) is 17.2 Å². The van der Waals surface area contributed by atoms with Crippen LogP contribution in [0.4, 0.5) is 16.2 Å². The lowest BCUT2D eigenvalue weighted by Crippen LogP contribution is -2.47. The van der Waals surface area contributed by atoms with Crippen LogP contribution in [0.5, 0.6) is 17.2 Å². The Morgan fingerprint density at radius 1 is 0.971 bits per heavy atom. The first-order valence-electron chi connectivity index (χ1n) is 11.9. The highest BCUT2D eigenvalue weighted by Crippen LogP contribution is 2.44. The maximum atomic E-state index is 13.2. The number of rotatable bonds is 7. The van der Waals surface area contributed by atoms with Crippen molar-refractivity contribution in [2.75, 3.05) is 69.8 Å². The standard InChI is InChI=1S/C24H30N4O6S/c1-32-19-7-3-2-6-18(19)27-14-12-26(13-15-27)10-4-5-11-28-24(29)25-22-21(35(28,30)31)9-8-20-23(22)34-17-16-33-20/h2-3,6-9H,4-5,10-17H2,1H3,(H,25,29). The largest absolute Gasteiger partial charge is 0.495 e. The zero-order valence-corrected chi connectivity index (χ0v) is 20.6. The van der Waals surface area contributed by atoms with E-state index < -0.39 is 16.1 Å². The topological polar surface area (TPSA) is 101 Å². The number of unbranched alkanes of at least 4 members (excludes halogenated alkanes) is 1. The van der Waals surface area contributed by atoms with Gasteiger partial charge in [0, 0.05) is 32.7 Å². The molecule has 0 aromatic heterocycles. The van der Waals surface area contributed by atoms with Gasteiger partial charge in [-0.2, -0.15) is 0 Å². The summed E-state index contributed by atoms with van der Waals surface area (Å²) in [6.07, 6.45) is 1.38. The van der Waals surface area contributed by atoms with Gasteiger partial charge < -0.3 is 24.4 Å². The summed E-state index contributed by atoms with van der Waals surface area (Å²) < 4.78 is 43.8. The Bertz CT molecular complexity index is 1200. The Hall–Kier alpha value is -3.18. The second-order valence-corrected chi connectivity index (χ2v) is 10.5. The van der Waals surface area contributed by atoms with E-state index in [1.54, 1.807) is 13.2 Å². The van der Waals surface area contributed by atoms with Gasteiger partial charge in [0.15, 0.2) is 11.5 Å². The number of hydrogen-bond donors (Lipinski definition) is 1. The molecular formula is C24H30N4O6S. The van der Waals surface area contributed by atoms with Crippen molar-refractivity contribution in [1.82, 2.24) is 9.21 Å². The molecule has 0 unspecified atom stereocenters. The molecule has 0 aliphatic carbocycles. The van der Waals surface area contributed by atoms with Gasteiger partial charge in [-0.3, -0.25) is 4.90 Å². The number of carbonyl (C=O) groups excluding carboxylic acids is 1. The quantitative estimate of drug-likeness (QED) is 0.577. The highest BCUT2D eigenvalue weighted by molar-refractivity contribution is 7.90. The van der Waals surface area contributed by atoms with Crippen LogP contribution in [0.3, 0.4) is 0 Å². The molecule has 10 nitrogen and oxygen atoms in total. The van der Waals surface area contributed by atoms with Gasteiger partial charge in [0.2, 0.25) is 0 Å². The lowest BCUT2D eigenvalue weighted by atomic mass is 10.2. The predicted octanol–water partition coefficient (Wildman–Crippen LogP) is 2.61. The monoisotopic (exact) mass is 502 g/mol. The van der Waals surface area contributed by atoms with E-state index in [9.17, 15) is 13.2 Å². The molecule has 3 heterocycles. The fourth-order valence-electron chi connectivity index (χ4n) is 4.74. The lowest BCUT2D eigenvalue weighted by Gasteiger charge is -2.36. The molecule has 2 amide bonds. The number of ether oxygens (including phenoxy) is 3. The molecule has 11 heteroatoms. The molecule has 0 saturated carbocycles. The molecule has 0 spiro atoms. The van der Waals surface area contributed by atoms with Crippen molar-refractivity contribution in [1.29, 1.82) is 0 Å². The third kappa shape index (κ3) is 4.57. The summed E-state index contributed by atoms with van der Waals surface area (Å²) in [4.78, 5) is 17.4. The van der Waals surface area contributed by atoms with Crippen molar-refractivity contribution in [3.05, 3.63) is 36.4 Å². The van der Waals surface area contributed by atoms with Crippen LogP contribution < -0.4 is 24.4 Å². The van der Waals surface area contributed by atoms with Crippen LogP contribution in [-0.2, 0) is 10.0 Å². The number of amides is 2. The first-order chi connectivity index (χ1) is 17.0. The Balaban J connectivity index is 1.14. The van der Waals surface area contributed by atoms with E-state index in [1.165, 1.54) is 6.07 Å². The number of sulfonamides is 1. The SMILES string of the molecule is COc1ccccc1N1CCN(CCCCN2C(=O)Nc3c(ccc4c3OCCO4)S2(=O)=O)CC1. The summed E-state index contributed by atoms with van der Waals surface area (Å²) >= 11 is 0. The molecule has 0 radical (unpaired) electrons. The lowest BCUT2D eigenvalue weighted by molar-refractivity contribution is 0.171. The van der Waals surface area contributed by atoms with Gasteiger partial charge in [0.1, 0.15) is 29.5 Å². The maximum absolute atomic E-state index is 13.2. The van der Waals surface area contributed by atoms with Crippen molar-refractivity contribution < 1.29 is 27.4 Å². The van der Waals surface area contributed by atoms with E-state index >= 15 is 0 Å². The van der Waals surface area contributed by atoms with Crippen molar-refractivity contribution in [2.24, 2.45) is 0 Å². The number of para-hydroxylation sites is 2. The van der Waals surface area contributed by atoms with E-state index in [-0.39, 0.29) is 22.9 Å². The number of nitrogens with zero attached hydrogens (tertiary/aromatic N) is 3. The molecule has 1 N–H and O–H groups in total. The summed E-state index contributed by atoms with van der Waals surface area (Å²) in [5, 5.41) is 2.69. The summed E-state index contributed by atoms with van der Waals surface area (Å²) in [6, 6.07) is 10.4. The van der Waals surface area contributed by atoms with Gasteiger partial charge in [-0.25, -0.2) is 17.5 Å². The zero-order chi connectivity index (χ0) is 24.4. The number of urea groups is 1. The highest BCUT2D eigenvalue weighted by atomic mass is 32.2. The molecule has 0 atom stereocenters. The number of benzene rings is 2. The number of methoxy groups -OCH3 is 1. The molecule has 35 heavy (non-hydrogen) atoms. The van der Waals surface area contributed by atoms with Gasteiger partial charge in [-0.15, -0.1) is 0 Å². The second kappa shape index (κ2) is 9.82. The maximum Gasteiger partial charge on any atom is 0.335 e. The molecule has 0 bridgehead atoms. The van der Waals surface area contributed by atoms with Crippen LogP contribution in [0, 0.1) is 0 Å². The predicted molar refractivity (Wildman–Crippen MR) is 131 cm³/mol. The highest BCUT2D eigenvalue weighted by Gasteiger charge is 2.39. The Labute approximate surface area is 205 Å². The smallest absolute Gasteiger partial charge is 0.335 e. The van der Waals surface area contributed by atoms with Gasteiger partial charge in [-0.05, 0) is 43.7 Å². The van der Waals surface area contributed by atoms with E-state index in [1.807, 2.05) is 18.2 Å². The van der Waals surface area contributed by atoms with Gasteiger partial charge in [0.05, 0.1) is 12.8 Å². The summed E-state index contributed by atoms with van der Waals surface area (Å²) in [7, 11) is -2.27. The molecular weight excluding hydrogens is 472 g/mol. The Morgan fingerprint density at radius 2 is 1.71 bits per heavy atom. The molecule has 1 fully saturated rings. The minimum atomic E-state index is -3.96. The Morgan fingerprint density at radius 3 is 2.51 bits per heavy atom. The van der Waals surface area contributed by atoms with E-state index in [0.29, 0.717) is 25.4 Å². The number of carbonyl (C=O) groups is 1. The zero-order valence-electron chi connectivity index (χ0n) is 19.7. The third-order valence-electron chi connectivity index (χ3n) is 6.58. The minimum Gasteiger partial charge on any atom is -0.495 e. The summed E-state index contributed by atoms with van der Waals surface area (Å²) in [6.45, 7) is 5.30. The van der Waals surface area contributed by atoms with Crippen molar-refractivity contribution in [2.45, 2.75) is 17.7 Å². The van der Waals surface area contributed by atoms with Crippen LogP contribution in [0.1, 0.15) is 12.8 Å². The molecule has 188 valence electrons. The minimum absolute atomic E-state index is 0.0359. The van der Waals surface area contributed by atoms with Gasteiger partial charge >= 0.3 is 6.03 Å². The first kappa shape index (κ1) is 23.6. The normalized spacial score (nSPS) is 19.2. The van der Waals surface area contributed by atoms with Crippen molar-refractivity contribution in [3.63, 3.8) is 0 Å². The average Bonchev–Trinajstić information content (AvgIpc) is 2.88. The van der Waals surface area contributed by atoms with Crippen molar-refractivity contribution >= 4 is 27.4 Å². The first-order valence-corrected chi connectivity index (χ1v) is 13.3. The second-order valence-electron chi connectivity index (χ2n) is 8.68. The molecule has 3 aliphatic rings. The molecule has 5 rings (SSSR count). The number of hydrogen-bond acceptors (Lipinski definition) is 8.